The molecule has 0 aromatic carbocycles. The van der Waals surface area contributed by atoms with Crippen LogP contribution in [0.2, 0.25) is 0 Å². The van der Waals surface area contributed by atoms with Gasteiger partial charge in [0.1, 0.15) is 0 Å². The fourth-order valence-electron chi connectivity index (χ4n) is 1.05. The number of nitrogens with one attached hydrogen (secondary N) is 2. The minimum absolute atomic E-state index is 0.0533. The molecule has 0 saturated carbocycles. The number of carbonyl (C=O) groups excluding carboxylic acids is 1. The van der Waals surface area contributed by atoms with E-state index in [1.165, 1.54) is 0 Å². The van der Waals surface area contributed by atoms with Gasteiger partial charge in [0.15, 0.2) is 0 Å². The summed E-state index contributed by atoms with van der Waals surface area (Å²) in [5.74, 6) is 1.12. The van der Waals surface area contributed by atoms with Gasteiger partial charge in [0, 0.05) is 19.7 Å². The Hall–Kier alpha value is -0.610. The molecule has 0 fully saturated rings. The Morgan fingerprint density at radius 2 is 1.88 bits per heavy atom. The second-order valence-corrected chi connectivity index (χ2v) is 4.84. The molecule has 0 unspecified atom stereocenters. The van der Waals surface area contributed by atoms with Crippen molar-refractivity contribution in [2.24, 2.45) is 11.8 Å². The average Bonchev–Trinajstić information content (AvgIpc) is 2.19. The number of hydrogen-bond donors (Lipinski definition) is 2. The Balaban J connectivity index is 3.21. The minimum atomic E-state index is 0.0533. The predicted molar refractivity (Wildman–Crippen MR) is 66.4 cm³/mol. The van der Waals surface area contributed by atoms with Gasteiger partial charge in [0.05, 0.1) is 13.2 Å². The van der Waals surface area contributed by atoms with Crippen LogP contribution < -0.4 is 10.6 Å². The van der Waals surface area contributed by atoms with Gasteiger partial charge >= 0.3 is 0 Å². The monoisotopic (exact) mass is 230 g/mol. The second kappa shape index (κ2) is 9.60. The van der Waals surface area contributed by atoms with Gasteiger partial charge in [-0.25, -0.2) is 0 Å². The van der Waals surface area contributed by atoms with Gasteiger partial charge in [0.2, 0.25) is 5.91 Å². The smallest absolute Gasteiger partial charge is 0.233 e. The van der Waals surface area contributed by atoms with Gasteiger partial charge in [0.25, 0.3) is 0 Å². The highest BCUT2D eigenvalue weighted by Gasteiger charge is 2.01. The van der Waals surface area contributed by atoms with E-state index in [1.54, 1.807) is 0 Å². The molecule has 0 aromatic rings. The van der Waals surface area contributed by atoms with Crippen LogP contribution in [-0.2, 0) is 9.53 Å². The molecule has 96 valence electrons. The first-order chi connectivity index (χ1) is 7.52. The average molecular weight is 230 g/mol. The van der Waals surface area contributed by atoms with Crippen molar-refractivity contribution in [3.8, 4) is 0 Å². The molecule has 0 bridgehead atoms. The van der Waals surface area contributed by atoms with Crippen LogP contribution in [0, 0.1) is 11.8 Å². The lowest BCUT2D eigenvalue weighted by atomic mass is 10.2. The molecular formula is C12H26N2O2. The van der Waals surface area contributed by atoms with E-state index in [1.807, 2.05) is 0 Å². The van der Waals surface area contributed by atoms with Crippen molar-refractivity contribution in [2.75, 3.05) is 32.8 Å². The number of rotatable bonds is 9. The zero-order chi connectivity index (χ0) is 12.4. The van der Waals surface area contributed by atoms with Gasteiger partial charge in [-0.15, -0.1) is 0 Å². The van der Waals surface area contributed by atoms with Crippen molar-refractivity contribution in [3.05, 3.63) is 0 Å². The molecule has 0 aliphatic heterocycles. The van der Waals surface area contributed by atoms with E-state index in [-0.39, 0.29) is 5.91 Å². The molecule has 0 saturated heterocycles. The summed E-state index contributed by atoms with van der Waals surface area (Å²) < 4.78 is 5.38. The number of hydrogen-bond acceptors (Lipinski definition) is 3. The molecule has 2 N–H and O–H groups in total. The standard InChI is InChI=1S/C12H26N2O2/c1-10(2)7-14-12(15)8-13-5-6-16-9-11(3)4/h10-11,13H,5-9H2,1-4H3,(H,14,15). The van der Waals surface area contributed by atoms with E-state index < -0.39 is 0 Å². The van der Waals surface area contributed by atoms with Crippen molar-refractivity contribution in [1.82, 2.24) is 10.6 Å². The van der Waals surface area contributed by atoms with Crippen LogP contribution in [0.5, 0.6) is 0 Å². The van der Waals surface area contributed by atoms with Crippen LogP contribution in [0.25, 0.3) is 0 Å². The van der Waals surface area contributed by atoms with Gasteiger partial charge in [-0.2, -0.15) is 0 Å². The maximum atomic E-state index is 11.3. The van der Waals surface area contributed by atoms with E-state index in [2.05, 4.69) is 38.3 Å². The Morgan fingerprint density at radius 1 is 1.19 bits per heavy atom. The zero-order valence-corrected chi connectivity index (χ0v) is 11.0. The Labute approximate surface area is 99.1 Å². The third-order valence-electron chi connectivity index (χ3n) is 1.87. The van der Waals surface area contributed by atoms with Crippen molar-refractivity contribution >= 4 is 5.91 Å². The third-order valence-corrected chi connectivity index (χ3v) is 1.87. The summed E-state index contributed by atoms with van der Waals surface area (Å²) in [5, 5.41) is 5.89. The molecule has 0 atom stereocenters. The fraction of sp³-hybridized carbons (Fsp3) is 0.917. The molecule has 0 rings (SSSR count). The summed E-state index contributed by atoms with van der Waals surface area (Å²) in [6, 6.07) is 0. The highest BCUT2D eigenvalue weighted by Crippen LogP contribution is 1.90. The number of amides is 1. The molecule has 16 heavy (non-hydrogen) atoms. The van der Waals surface area contributed by atoms with Crippen LogP contribution >= 0.6 is 0 Å². The van der Waals surface area contributed by atoms with Crippen LogP contribution in [0.4, 0.5) is 0 Å². The summed E-state index contributed by atoms with van der Waals surface area (Å²) in [6.45, 7) is 11.7. The molecule has 0 aliphatic carbocycles. The van der Waals surface area contributed by atoms with Gasteiger partial charge in [-0.3, -0.25) is 4.79 Å². The molecular weight excluding hydrogens is 204 g/mol. The highest BCUT2D eigenvalue weighted by atomic mass is 16.5. The molecule has 0 heterocycles. The SMILES string of the molecule is CC(C)CNC(=O)CNCCOCC(C)C. The maximum Gasteiger partial charge on any atom is 0.233 e. The van der Waals surface area contributed by atoms with E-state index in [4.69, 9.17) is 4.74 Å². The maximum absolute atomic E-state index is 11.3. The first kappa shape index (κ1) is 15.4. The number of carbonyl (C=O) groups is 1. The van der Waals surface area contributed by atoms with Gasteiger partial charge in [-0.05, 0) is 11.8 Å². The van der Waals surface area contributed by atoms with E-state index >= 15 is 0 Å². The van der Waals surface area contributed by atoms with Crippen LogP contribution in [0.15, 0.2) is 0 Å². The molecule has 0 radical (unpaired) electrons. The summed E-state index contributed by atoms with van der Waals surface area (Å²) in [7, 11) is 0. The van der Waals surface area contributed by atoms with E-state index in [0.29, 0.717) is 25.0 Å². The molecule has 0 aromatic heterocycles. The largest absolute Gasteiger partial charge is 0.380 e. The van der Waals surface area contributed by atoms with Gasteiger partial charge in [-0.1, -0.05) is 27.7 Å². The Morgan fingerprint density at radius 3 is 2.44 bits per heavy atom. The van der Waals surface area contributed by atoms with Crippen LogP contribution in [0.3, 0.4) is 0 Å². The zero-order valence-electron chi connectivity index (χ0n) is 11.0. The molecule has 0 spiro atoms. The lowest BCUT2D eigenvalue weighted by Gasteiger charge is -2.09. The van der Waals surface area contributed by atoms with Crippen LogP contribution in [0.1, 0.15) is 27.7 Å². The summed E-state index contributed by atoms with van der Waals surface area (Å²) in [5.41, 5.74) is 0. The van der Waals surface area contributed by atoms with Crippen molar-refractivity contribution < 1.29 is 9.53 Å². The Bertz CT molecular complexity index is 182. The van der Waals surface area contributed by atoms with Crippen LogP contribution in [-0.4, -0.2) is 38.8 Å². The summed E-state index contributed by atoms with van der Waals surface area (Å²) in [4.78, 5) is 11.3. The van der Waals surface area contributed by atoms with Crippen molar-refractivity contribution in [3.63, 3.8) is 0 Å². The number of ether oxygens (including phenoxy) is 1. The molecule has 0 aliphatic rings. The van der Waals surface area contributed by atoms with E-state index in [9.17, 15) is 4.79 Å². The first-order valence-corrected chi connectivity index (χ1v) is 6.07. The normalized spacial score (nSPS) is 11.1. The topological polar surface area (TPSA) is 50.4 Å². The fourth-order valence-corrected chi connectivity index (χ4v) is 1.05. The molecule has 4 nitrogen and oxygen atoms in total. The summed E-state index contributed by atoms with van der Waals surface area (Å²) in [6.07, 6.45) is 0. The highest BCUT2D eigenvalue weighted by molar-refractivity contribution is 5.77. The second-order valence-electron chi connectivity index (χ2n) is 4.84. The molecule has 1 amide bonds. The van der Waals surface area contributed by atoms with E-state index in [0.717, 1.165) is 19.7 Å². The molecule has 4 heteroatoms. The Kier molecular flexibility index (Phi) is 9.24. The lowest BCUT2D eigenvalue weighted by Crippen LogP contribution is -2.36. The van der Waals surface area contributed by atoms with Crippen molar-refractivity contribution in [2.45, 2.75) is 27.7 Å². The third kappa shape index (κ3) is 11.5. The summed E-state index contributed by atoms with van der Waals surface area (Å²) >= 11 is 0. The minimum Gasteiger partial charge on any atom is -0.380 e. The quantitative estimate of drug-likeness (QED) is 0.581. The van der Waals surface area contributed by atoms with Gasteiger partial charge < -0.3 is 15.4 Å². The first-order valence-electron chi connectivity index (χ1n) is 6.07. The lowest BCUT2D eigenvalue weighted by molar-refractivity contribution is -0.120. The van der Waals surface area contributed by atoms with Crippen molar-refractivity contribution in [1.29, 1.82) is 0 Å². The predicted octanol–water partition coefficient (Wildman–Crippen LogP) is 1.02.